The molecular weight excluding hydrogens is 272 g/mol. The summed E-state index contributed by atoms with van der Waals surface area (Å²) in [7, 11) is 0. The lowest BCUT2D eigenvalue weighted by Crippen LogP contribution is -2.25. The van der Waals surface area contributed by atoms with Crippen molar-refractivity contribution in [3.8, 4) is 0 Å². The number of nitrogens with zero attached hydrogens (tertiary/aromatic N) is 2. The van der Waals surface area contributed by atoms with Crippen molar-refractivity contribution in [1.82, 2.24) is 9.78 Å². The van der Waals surface area contributed by atoms with Crippen LogP contribution in [0.1, 0.15) is 44.5 Å². The normalized spacial score (nSPS) is 18.2. The van der Waals surface area contributed by atoms with Crippen molar-refractivity contribution in [2.24, 2.45) is 0 Å². The smallest absolute Gasteiger partial charge is 0.131 e. The Morgan fingerprint density at radius 2 is 2.00 bits per heavy atom. The fraction of sp³-hybridized carbons (Fsp3) is 0.438. The molecule has 21 heavy (non-hydrogen) atoms. The van der Waals surface area contributed by atoms with Crippen LogP contribution in [0.2, 0.25) is 0 Å². The first-order valence-electron chi connectivity index (χ1n) is 7.15. The van der Waals surface area contributed by atoms with Gasteiger partial charge >= 0.3 is 0 Å². The van der Waals surface area contributed by atoms with E-state index in [9.17, 15) is 8.78 Å². The summed E-state index contributed by atoms with van der Waals surface area (Å²) in [5, 5.41) is 7.93. The highest BCUT2D eigenvalue weighted by Crippen LogP contribution is 2.34. The minimum Gasteiger partial charge on any atom is -0.370 e. The van der Waals surface area contributed by atoms with Crippen molar-refractivity contribution in [1.29, 1.82) is 0 Å². The van der Waals surface area contributed by atoms with Crippen molar-refractivity contribution >= 4 is 5.82 Å². The summed E-state index contributed by atoms with van der Waals surface area (Å²) >= 11 is 0. The van der Waals surface area contributed by atoms with Crippen LogP contribution >= 0.6 is 0 Å². The van der Waals surface area contributed by atoms with Gasteiger partial charge in [-0.3, -0.25) is 0 Å². The molecule has 0 bridgehead atoms. The monoisotopic (exact) mass is 291 g/mol. The van der Waals surface area contributed by atoms with Crippen molar-refractivity contribution in [3.05, 3.63) is 47.2 Å². The van der Waals surface area contributed by atoms with E-state index in [4.69, 9.17) is 0 Å². The molecule has 3 nitrogen and oxygen atoms in total. The number of halogens is 2. The van der Waals surface area contributed by atoms with E-state index in [1.165, 1.54) is 12.1 Å². The second-order valence-corrected chi connectivity index (χ2v) is 6.51. The van der Waals surface area contributed by atoms with Gasteiger partial charge in [-0.15, -0.1) is 0 Å². The maximum atomic E-state index is 14.1. The number of hydrogen-bond donors (Lipinski definition) is 1. The topological polar surface area (TPSA) is 29.9 Å². The molecule has 0 amide bonds. The molecule has 0 radical (unpaired) electrons. The Morgan fingerprint density at radius 3 is 2.67 bits per heavy atom. The Hall–Kier alpha value is -1.91. The van der Waals surface area contributed by atoms with Gasteiger partial charge in [0.15, 0.2) is 0 Å². The first kappa shape index (κ1) is 14.0. The van der Waals surface area contributed by atoms with Gasteiger partial charge in [-0.05, 0) is 12.5 Å². The van der Waals surface area contributed by atoms with Gasteiger partial charge in [-0.2, -0.15) is 5.10 Å². The molecule has 0 saturated heterocycles. The van der Waals surface area contributed by atoms with E-state index in [1.54, 1.807) is 0 Å². The van der Waals surface area contributed by atoms with Gasteiger partial charge in [-0.25, -0.2) is 13.5 Å². The van der Waals surface area contributed by atoms with Crippen LogP contribution in [0.4, 0.5) is 14.6 Å². The second kappa shape index (κ2) is 4.83. The van der Waals surface area contributed by atoms with Gasteiger partial charge in [0, 0.05) is 29.7 Å². The number of nitrogens with one attached hydrogen (secondary N) is 1. The minimum absolute atomic E-state index is 0.0715. The Balaban J connectivity index is 2.06. The Morgan fingerprint density at radius 1 is 1.24 bits per heavy atom. The van der Waals surface area contributed by atoms with Crippen molar-refractivity contribution < 1.29 is 8.78 Å². The molecule has 0 spiro atoms. The molecule has 0 aliphatic carbocycles. The fourth-order valence-electron chi connectivity index (χ4n) is 2.65. The molecule has 1 aromatic heterocycles. The predicted molar refractivity (Wildman–Crippen MR) is 78.5 cm³/mol. The summed E-state index contributed by atoms with van der Waals surface area (Å²) in [5.74, 6) is -0.179. The lowest BCUT2D eigenvalue weighted by molar-refractivity contribution is 0.442. The second-order valence-electron chi connectivity index (χ2n) is 6.51. The summed E-state index contributed by atoms with van der Waals surface area (Å²) in [5.41, 5.74) is 1.37. The molecule has 1 unspecified atom stereocenters. The predicted octanol–water partition coefficient (Wildman–Crippen LogP) is 3.86. The van der Waals surface area contributed by atoms with E-state index in [0.717, 1.165) is 30.5 Å². The van der Waals surface area contributed by atoms with E-state index in [0.29, 0.717) is 5.56 Å². The molecule has 1 aromatic carbocycles. The number of aromatic nitrogens is 2. The van der Waals surface area contributed by atoms with Gasteiger partial charge in [0.1, 0.15) is 17.5 Å². The van der Waals surface area contributed by atoms with Crippen molar-refractivity contribution in [3.63, 3.8) is 0 Å². The number of benzene rings is 1. The van der Waals surface area contributed by atoms with E-state index in [1.807, 2.05) is 10.7 Å². The molecule has 112 valence electrons. The Kier molecular flexibility index (Phi) is 3.23. The standard InChI is InChI=1S/C16H19F2N3/c1-16(2,3)14-9-15-19-7-6-13(21(15)20-14)11-5-4-10(17)8-12(11)18/h4-5,8-9,13,19H,6-7H2,1-3H3. The molecule has 1 N–H and O–H groups in total. The van der Waals surface area contributed by atoms with Crippen LogP contribution in [-0.4, -0.2) is 16.3 Å². The molecule has 0 fully saturated rings. The maximum Gasteiger partial charge on any atom is 0.131 e. The number of rotatable bonds is 1. The molecule has 1 aliphatic heterocycles. The molecule has 0 saturated carbocycles. The highest BCUT2D eigenvalue weighted by molar-refractivity contribution is 5.43. The van der Waals surface area contributed by atoms with Crippen molar-refractivity contribution in [2.45, 2.75) is 38.6 Å². The summed E-state index contributed by atoms with van der Waals surface area (Å²) in [6.45, 7) is 7.02. The minimum atomic E-state index is -0.554. The van der Waals surface area contributed by atoms with E-state index in [-0.39, 0.29) is 11.5 Å². The average Bonchev–Trinajstić information content (AvgIpc) is 2.82. The quantitative estimate of drug-likeness (QED) is 0.864. The third-order valence-electron chi connectivity index (χ3n) is 3.84. The van der Waals surface area contributed by atoms with Crippen molar-refractivity contribution in [2.75, 3.05) is 11.9 Å². The van der Waals surface area contributed by atoms with Crippen LogP contribution in [-0.2, 0) is 5.41 Å². The SMILES string of the molecule is CC(C)(C)c1cc2n(n1)C(c1ccc(F)cc1F)CCN2. The molecule has 1 aliphatic rings. The van der Waals surface area contributed by atoms with Gasteiger partial charge in [-0.1, -0.05) is 26.8 Å². The molecule has 1 atom stereocenters. The van der Waals surface area contributed by atoms with Crippen LogP contribution in [0, 0.1) is 11.6 Å². The van der Waals surface area contributed by atoms with Crippen LogP contribution in [0.3, 0.4) is 0 Å². The van der Waals surface area contributed by atoms with Crippen LogP contribution in [0.5, 0.6) is 0 Å². The number of anilines is 1. The zero-order chi connectivity index (χ0) is 15.2. The summed E-state index contributed by atoms with van der Waals surface area (Å²) in [6, 6.07) is 5.56. The third-order valence-corrected chi connectivity index (χ3v) is 3.84. The summed E-state index contributed by atoms with van der Waals surface area (Å²) in [4.78, 5) is 0. The highest BCUT2D eigenvalue weighted by Gasteiger charge is 2.28. The van der Waals surface area contributed by atoms with E-state index >= 15 is 0 Å². The van der Waals surface area contributed by atoms with Crippen LogP contribution in [0.15, 0.2) is 24.3 Å². The highest BCUT2D eigenvalue weighted by atomic mass is 19.1. The van der Waals surface area contributed by atoms with E-state index in [2.05, 4.69) is 31.2 Å². The fourth-order valence-corrected chi connectivity index (χ4v) is 2.65. The van der Waals surface area contributed by atoms with Gasteiger partial charge in [0.05, 0.1) is 11.7 Å². The molecular formula is C16H19F2N3. The van der Waals surface area contributed by atoms with E-state index < -0.39 is 11.6 Å². The molecule has 2 heterocycles. The Labute approximate surface area is 123 Å². The first-order chi connectivity index (χ1) is 9.86. The number of hydrogen-bond acceptors (Lipinski definition) is 2. The summed E-state index contributed by atoms with van der Waals surface area (Å²) < 4.78 is 29.0. The summed E-state index contributed by atoms with van der Waals surface area (Å²) in [6.07, 6.45) is 0.723. The maximum absolute atomic E-state index is 14.1. The van der Waals surface area contributed by atoms with Gasteiger partial charge in [0.2, 0.25) is 0 Å². The number of fused-ring (bicyclic) bond motifs is 1. The molecule has 3 rings (SSSR count). The lowest BCUT2D eigenvalue weighted by Gasteiger charge is -2.26. The first-order valence-corrected chi connectivity index (χ1v) is 7.15. The molecule has 5 heteroatoms. The van der Waals surface area contributed by atoms with Gasteiger partial charge in [0.25, 0.3) is 0 Å². The van der Waals surface area contributed by atoms with Crippen LogP contribution in [0.25, 0.3) is 0 Å². The average molecular weight is 291 g/mol. The largest absolute Gasteiger partial charge is 0.370 e. The zero-order valence-electron chi connectivity index (χ0n) is 12.5. The van der Waals surface area contributed by atoms with Gasteiger partial charge < -0.3 is 5.32 Å². The third kappa shape index (κ3) is 2.52. The molecule has 2 aromatic rings. The lowest BCUT2D eigenvalue weighted by atomic mass is 9.92. The zero-order valence-corrected chi connectivity index (χ0v) is 12.5. The van der Waals surface area contributed by atoms with Crippen LogP contribution < -0.4 is 5.32 Å². The Bertz CT molecular complexity index is 671.